The first-order valence-electron chi connectivity index (χ1n) is 10.3. The third-order valence-corrected chi connectivity index (χ3v) is 5.40. The van der Waals surface area contributed by atoms with Crippen LogP contribution in [0.3, 0.4) is 0 Å². The molecule has 2 aromatic carbocycles. The smallest absolute Gasteiger partial charge is 0.257 e. The fourth-order valence-electron chi connectivity index (χ4n) is 3.14. The first-order chi connectivity index (χ1) is 14.9. The Hall–Kier alpha value is -2.90. The number of anilines is 1. The van der Waals surface area contributed by atoms with Gasteiger partial charge < -0.3 is 15.4 Å². The van der Waals surface area contributed by atoms with Crippen LogP contribution in [0.4, 0.5) is 5.69 Å². The van der Waals surface area contributed by atoms with E-state index in [1.807, 2.05) is 37.3 Å². The Morgan fingerprint density at radius 3 is 2.65 bits per heavy atom. The van der Waals surface area contributed by atoms with Gasteiger partial charge in [-0.15, -0.1) is 0 Å². The van der Waals surface area contributed by atoms with Crippen molar-refractivity contribution in [1.82, 2.24) is 10.6 Å². The second-order valence-electron chi connectivity index (χ2n) is 7.42. The molecule has 31 heavy (non-hydrogen) atoms. The van der Waals surface area contributed by atoms with Crippen LogP contribution in [0, 0.1) is 6.92 Å². The molecule has 2 amide bonds. The molecule has 1 heterocycles. The zero-order valence-electron chi connectivity index (χ0n) is 17.7. The van der Waals surface area contributed by atoms with Crippen LogP contribution in [-0.4, -0.2) is 37.0 Å². The lowest BCUT2D eigenvalue weighted by Crippen LogP contribution is -2.37. The Morgan fingerprint density at radius 1 is 1.19 bits per heavy atom. The van der Waals surface area contributed by atoms with Crippen molar-refractivity contribution in [3.63, 3.8) is 0 Å². The zero-order chi connectivity index (χ0) is 22.2. The second kappa shape index (κ2) is 10.9. The Morgan fingerprint density at radius 2 is 1.97 bits per heavy atom. The van der Waals surface area contributed by atoms with Gasteiger partial charge in [0.2, 0.25) is 11.9 Å². The maximum absolute atomic E-state index is 12.8. The van der Waals surface area contributed by atoms with Gasteiger partial charge in [-0.1, -0.05) is 29.8 Å². The Labute approximate surface area is 187 Å². The molecule has 1 unspecified atom stereocenters. The molecule has 2 aromatic rings. The average Bonchev–Trinajstić information content (AvgIpc) is 3.27. The summed E-state index contributed by atoms with van der Waals surface area (Å²) in [6.45, 7) is 4.98. The maximum Gasteiger partial charge on any atom is 0.257 e. The van der Waals surface area contributed by atoms with E-state index >= 15 is 0 Å². The number of nitrogens with one attached hydrogen (secondary N) is 3. The zero-order valence-corrected chi connectivity index (χ0v) is 18.5. The van der Waals surface area contributed by atoms with Gasteiger partial charge in [-0.25, -0.2) is 4.99 Å². The van der Waals surface area contributed by atoms with Gasteiger partial charge in [0.25, 0.3) is 5.91 Å². The van der Waals surface area contributed by atoms with Crippen molar-refractivity contribution in [1.29, 1.82) is 0 Å². The van der Waals surface area contributed by atoms with Crippen LogP contribution in [-0.2, 0) is 16.1 Å². The number of benzene rings is 2. The quantitative estimate of drug-likeness (QED) is 0.470. The van der Waals surface area contributed by atoms with Crippen LogP contribution in [0.25, 0.3) is 0 Å². The number of nitrogens with zero attached hydrogens (tertiary/aromatic N) is 1. The molecule has 0 aliphatic carbocycles. The van der Waals surface area contributed by atoms with Crippen LogP contribution in [0.15, 0.2) is 47.5 Å². The largest absolute Gasteiger partial charge is 0.376 e. The summed E-state index contributed by atoms with van der Waals surface area (Å²) < 4.78 is 5.64. The van der Waals surface area contributed by atoms with Gasteiger partial charge in [0, 0.05) is 36.3 Å². The number of hydrogen-bond acceptors (Lipinski definition) is 4. The van der Waals surface area contributed by atoms with Gasteiger partial charge in [0.1, 0.15) is 0 Å². The highest BCUT2D eigenvalue weighted by molar-refractivity contribution is 6.31. The summed E-state index contributed by atoms with van der Waals surface area (Å²) in [5, 5.41) is 9.40. The average molecular weight is 443 g/mol. The number of rotatable bonds is 6. The molecule has 8 heteroatoms. The van der Waals surface area contributed by atoms with Gasteiger partial charge in [0.15, 0.2) is 0 Å². The summed E-state index contributed by atoms with van der Waals surface area (Å²) in [5.74, 6) is -0.0474. The first kappa shape index (κ1) is 22.8. The first-order valence-corrected chi connectivity index (χ1v) is 10.6. The topological polar surface area (TPSA) is 91.8 Å². The van der Waals surface area contributed by atoms with Crippen molar-refractivity contribution in [2.45, 2.75) is 39.3 Å². The van der Waals surface area contributed by atoms with E-state index in [1.165, 1.54) is 6.92 Å². The SMILES string of the molecule is CC(=O)NCc1ccc(C(=O)NC(=NCC2CCCO2)Nc2cccc(Cl)c2C)cc1. The maximum atomic E-state index is 12.8. The molecule has 3 N–H and O–H groups in total. The number of carbonyl (C=O) groups excluding carboxylic acids is 2. The van der Waals surface area contributed by atoms with E-state index in [1.54, 1.807) is 12.1 Å². The molecule has 0 radical (unpaired) electrons. The number of carbonyl (C=O) groups is 2. The molecule has 1 aliphatic rings. The molecular weight excluding hydrogens is 416 g/mol. The van der Waals surface area contributed by atoms with Crippen LogP contribution >= 0.6 is 11.6 Å². The molecule has 1 aliphatic heterocycles. The summed E-state index contributed by atoms with van der Waals surface area (Å²) >= 11 is 6.23. The van der Waals surface area contributed by atoms with Crippen molar-refractivity contribution >= 4 is 35.1 Å². The molecule has 0 aromatic heterocycles. The van der Waals surface area contributed by atoms with Gasteiger partial charge in [-0.3, -0.25) is 14.9 Å². The molecule has 0 bridgehead atoms. The second-order valence-corrected chi connectivity index (χ2v) is 7.83. The Bertz CT molecular complexity index is 954. The van der Waals surface area contributed by atoms with E-state index in [4.69, 9.17) is 16.3 Å². The third-order valence-electron chi connectivity index (χ3n) is 4.99. The third kappa shape index (κ3) is 6.80. The highest BCUT2D eigenvalue weighted by Gasteiger charge is 2.16. The van der Waals surface area contributed by atoms with Crippen molar-refractivity contribution in [2.24, 2.45) is 4.99 Å². The van der Waals surface area contributed by atoms with E-state index in [0.717, 1.165) is 36.3 Å². The summed E-state index contributed by atoms with van der Waals surface area (Å²) in [7, 11) is 0. The minimum atomic E-state index is -0.288. The summed E-state index contributed by atoms with van der Waals surface area (Å²) in [4.78, 5) is 28.4. The van der Waals surface area contributed by atoms with Crippen molar-refractivity contribution < 1.29 is 14.3 Å². The van der Waals surface area contributed by atoms with E-state index in [0.29, 0.717) is 29.6 Å². The van der Waals surface area contributed by atoms with E-state index in [2.05, 4.69) is 20.9 Å². The number of halogens is 1. The molecule has 7 nitrogen and oxygen atoms in total. The number of guanidine groups is 1. The Kier molecular flexibility index (Phi) is 8.03. The number of amides is 2. The van der Waals surface area contributed by atoms with E-state index in [-0.39, 0.29) is 17.9 Å². The van der Waals surface area contributed by atoms with Crippen LogP contribution < -0.4 is 16.0 Å². The lowest BCUT2D eigenvalue weighted by molar-refractivity contribution is -0.119. The van der Waals surface area contributed by atoms with Gasteiger partial charge >= 0.3 is 0 Å². The number of aliphatic imine (C=N–C) groups is 1. The standard InChI is InChI=1S/C23H27ClN4O3/c1-15-20(24)6-3-7-21(15)27-23(26-14-19-5-4-12-31-19)28-22(30)18-10-8-17(9-11-18)13-25-16(2)29/h3,6-11,19H,4-5,12-14H2,1-2H3,(H,25,29)(H2,26,27,28,30). The fraction of sp³-hybridized carbons (Fsp3) is 0.348. The molecule has 1 atom stereocenters. The lowest BCUT2D eigenvalue weighted by atomic mass is 10.1. The Balaban J connectivity index is 1.72. The van der Waals surface area contributed by atoms with Gasteiger partial charge in [0.05, 0.1) is 12.6 Å². The summed E-state index contributed by atoms with van der Waals surface area (Å²) in [6, 6.07) is 12.6. The predicted molar refractivity (Wildman–Crippen MR) is 123 cm³/mol. The molecule has 1 fully saturated rings. The number of ether oxygens (including phenoxy) is 1. The molecule has 0 saturated carbocycles. The molecule has 0 spiro atoms. The molecule has 164 valence electrons. The van der Waals surface area contributed by atoms with Gasteiger partial charge in [-0.2, -0.15) is 0 Å². The van der Waals surface area contributed by atoms with Crippen molar-refractivity contribution in [3.8, 4) is 0 Å². The normalized spacial score (nSPS) is 16.1. The van der Waals surface area contributed by atoms with Crippen LogP contribution in [0.2, 0.25) is 5.02 Å². The molecular formula is C23H27ClN4O3. The lowest BCUT2D eigenvalue weighted by Gasteiger charge is -2.15. The predicted octanol–water partition coefficient (Wildman–Crippen LogP) is 3.66. The van der Waals surface area contributed by atoms with E-state index < -0.39 is 0 Å². The van der Waals surface area contributed by atoms with Crippen LogP contribution in [0.1, 0.15) is 41.3 Å². The summed E-state index contributed by atoms with van der Waals surface area (Å²) in [6.07, 6.45) is 2.03. The van der Waals surface area contributed by atoms with Crippen molar-refractivity contribution in [3.05, 3.63) is 64.2 Å². The highest BCUT2D eigenvalue weighted by atomic mass is 35.5. The molecule has 1 saturated heterocycles. The van der Waals surface area contributed by atoms with Gasteiger partial charge in [-0.05, 0) is 55.2 Å². The monoisotopic (exact) mass is 442 g/mol. The fourth-order valence-corrected chi connectivity index (χ4v) is 3.32. The highest BCUT2D eigenvalue weighted by Crippen LogP contribution is 2.23. The molecule has 3 rings (SSSR count). The summed E-state index contributed by atoms with van der Waals surface area (Å²) in [5.41, 5.74) is 3.03. The number of hydrogen-bond donors (Lipinski definition) is 3. The minimum Gasteiger partial charge on any atom is -0.376 e. The van der Waals surface area contributed by atoms with E-state index in [9.17, 15) is 9.59 Å². The van der Waals surface area contributed by atoms with Crippen molar-refractivity contribution in [2.75, 3.05) is 18.5 Å². The minimum absolute atomic E-state index is 0.0576. The van der Waals surface area contributed by atoms with Crippen LogP contribution in [0.5, 0.6) is 0 Å².